The summed E-state index contributed by atoms with van der Waals surface area (Å²) in [6.45, 7) is 2.12. The van der Waals surface area contributed by atoms with Crippen molar-refractivity contribution in [1.82, 2.24) is 0 Å². The Hall–Kier alpha value is -2.44. The zero-order chi connectivity index (χ0) is 22.9. The van der Waals surface area contributed by atoms with Gasteiger partial charge in [-0.15, -0.1) is 5.56 Å². The van der Waals surface area contributed by atoms with E-state index in [0.29, 0.717) is 0 Å². The van der Waals surface area contributed by atoms with Crippen LogP contribution in [0.3, 0.4) is 0 Å². The van der Waals surface area contributed by atoms with Crippen LogP contribution in [0.25, 0.3) is 11.1 Å². The monoisotopic (exact) mass is 570 g/mol. The summed E-state index contributed by atoms with van der Waals surface area (Å²) in [5.41, 5.74) is 9.50. The Kier molecular flexibility index (Phi) is 12.2. The molecule has 6 rings (SSSR count). The second-order valence-electron chi connectivity index (χ2n) is 7.97. The van der Waals surface area contributed by atoms with Gasteiger partial charge in [-0.3, -0.25) is 0 Å². The predicted molar refractivity (Wildman–Crippen MR) is 136 cm³/mol. The standard InChI is InChI=1S/C14H11.C13H10.C5H5.2ClH.Zr/c1-10-6-7-12-9-11-4-2-3-5-13(11)14(12)8-10;1-3-7-12(8-4-1)11-13-9-5-2-6-10-13;1-2-4-5-3-1;;;/h2-6,8H,9H2,1H3;1-10H;1-5H;2*1H;/q-1;;-1;;;+2/p-2. The van der Waals surface area contributed by atoms with Gasteiger partial charge >= 0.3 is 99.2 Å². The van der Waals surface area contributed by atoms with Gasteiger partial charge in [0.05, 0.1) is 0 Å². The van der Waals surface area contributed by atoms with E-state index in [2.05, 4.69) is 110 Å². The Bertz CT molecular complexity index is 1240. The summed E-state index contributed by atoms with van der Waals surface area (Å²) in [5.74, 6) is 0. The van der Waals surface area contributed by atoms with Crippen LogP contribution in [0.5, 0.6) is 0 Å². The summed E-state index contributed by atoms with van der Waals surface area (Å²) in [4.78, 5) is 0. The van der Waals surface area contributed by atoms with E-state index in [4.69, 9.17) is 0 Å². The van der Waals surface area contributed by atoms with Crippen molar-refractivity contribution < 1.29 is 49.0 Å². The minimum Gasteiger partial charge on any atom is -0.214 e. The normalized spacial score (nSPS) is 10.0. The molecule has 0 aliphatic heterocycles. The molecule has 0 aromatic heterocycles. The van der Waals surface area contributed by atoms with Crippen LogP contribution in [0, 0.1) is 13.0 Å². The fraction of sp³-hybridized carbons (Fsp3) is 0.0625. The minimum atomic E-state index is 0. The van der Waals surface area contributed by atoms with Crippen molar-refractivity contribution in [2.24, 2.45) is 0 Å². The van der Waals surface area contributed by atoms with Crippen LogP contribution in [-0.4, -0.2) is 3.21 Å². The van der Waals surface area contributed by atoms with E-state index in [0.717, 1.165) is 6.42 Å². The molecule has 0 heterocycles. The first kappa shape index (κ1) is 28.8. The molecule has 5 aromatic carbocycles. The number of rotatable bonds is 2. The van der Waals surface area contributed by atoms with Gasteiger partial charge in [0, 0.05) is 0 Å². The van der Waals surface area contributed by atoms with E-state index in [9.17, 15) is 0 Å². The van der Waals surface area contributed by atoms with E-state index in [1.807, 2.05) is 30.3 Å². The molecule has 0 unspecified atom stereocenters. The summed E-state index contributed by atoms with van der Waals surface area (Å²) in [5, 5.41) is 0. The molecule has 0 fully saturated rings. The van der Waals surface area contributed by atoms with E-state index in [1.165, 1.54) is 66.4 Å². The van der Waals surface area contributed by atoms with Gasteiger partial charge in [0.1, 0.15) is 0 Å². The number of halogens is 2. The number of hydrogen-bond donors (Lipinski definition) is 0. The number of hydrogen-bond acceptors (Lipinski definition) is 0. The number of benzene rings is 4. The summed E-state index contributed by atoms with van der Waals surface area (Å²) >= 11 is 1.46. The zero-order valence-electron chi connectivity index (χ0n) is 19.6. The van der Waals surface area contributed by atoms with Crippen molar-refractivity contribution in [1.29, 1.82) is 0 Å². The van der Waals surface area contributed by atoms with Crippen molar-refractivity contribution in [2.45, 2.75) is 13.3 Å². The molecule has 0 radical (unpaired) electrons. The molecule has 174 valence electrons. The Balaban J connectivity index is 0.000000197. The minimum absolute atomic E-state index is 0. The molecule has 0 atom stereocenters. The quantitative estimate of drug-likeness (QED) is 0.277. The van der Waals surface area contributed by atoms with E-state index >= 15 is 0 Å². The van der Waals surface area contributed by atoms with Crippen LogP contribution in [-0.2, 0) is 30.7 Å². The summed E-state index contributed by atoms with van der Waals surface area (Å²) in [6, 6.07) is 47.4. The van der Waals surface area contributed by atoms with Crippen LogP contribution < -0.4 is 24.8 Å². The molecule has 35 heavy (non-hydrogen) atoms. The van der Waals surface area contributed by atoms with E-state index < -0.39 is 0 Å². The third kappa shape index (κ3) is 8.04. The van der Waals surface area contributed by atoms with Crippen molar-refractivity contribution in [2.75, 3.05) is 0 Å². The molecular formula is C32H26Cl2Zr-2. The Morgan fingerprint density at radius 1 is 0.714 bits per heavy atom. The van der Waals surface area contributed by atoms with Gasteiger partial charge in [-0.25, -0.2) is 12.1 Å². The van der Waals surface area contributed by atoms with Gasteiger partial charge in [-0.05, 0) is 6.42 Å². The van der Waals surface area contributed by atoms with Gasteiger partial charge in [0.25, 0.3) is 0 Å². The predicted octanol–water partition coefficient (Wildman–Crippen LogP) is 1.58. The van der Waals surface area contributed by atoms with E-state index in [1.54, 1.807) is 0 Å². The fourth-order valence-corrected chi connectivity index (χ4v) is 4.67. The van der Waals surface area contributed by atoms with Gasteiger partial charge < -0.3 is 24.8 Å². The molecular weight excluding hydrogens is 546 g/mol. The van der Waals surface area contributed by atoms with Crippen LogP contribution >= 0.6 is 0 Å². The molecule has 0 nitrogen and oxygen atoms in total. The van der Waals surface area contributed by atoms with Crippen molar-refractivity contribution >= 4 is 3.21 Å². The zero-order valence-corrected chi connectivity index (χ0v) is 23.6. The average molecular weight is 573 g/mol. The first-order chi connectivity index (χ1) is 16.2. The molecule has 1 aliphatic rings. The molecule has 3 heteroatoms. The second-order valence-corrected chi connectivity index (χ2v) is 9.20. The van der Waals surface area contributed by atoms with Crippen molar-refractivity contribution in [3.63, 3.8) is 0 Å². The van der Waals surface area contributed by atoms with Gasteiger partial charge in [-0.1, -0.05) is 42.3 Å². The number of fused-ring (bicyclic) bond motifs is 3. The smallest absolute Gasteiger partial charge is 0.172 e. The second kappa shape index (κ2) is 14.8. The fourth-order valence-electron chi connectivity index (χ4n) is 3.85. The largest absolute Gasteiger partial charge is 0.214 e. The molecule has 0 amide bonds. The van der Waals surface area contributed by atoms with Crippen LogP contribution in [0.2, 0.25) is 0 Å². The molecule has 0 bridgehead atoms. The maximum Gasteiger partial charge on any atom is -0.172 e. The molecule has 0 spiro atoms. The van der Waals surface area contributed by atoms with Crippen molar-refractivity contribution in [3.05, 3.63) is 161 Å². The average Bonchev–Trinajstić information content (AvgIpc) is 3.57. The van der Waals surface area contributed by atoms with Gasteiger partial charge in [0.2, 0.25) is 0 Å². The van der Waals surface area contributed by atoms with Crippen molar-refractivity contribution in [3.8, 4) is 11.1 Å². The molecule has 1 aliphatic carbocycles. The SMILES string of the molecule is Cc1c[c-]c2c(c1)-c1ccccc1C2.[Cl-].[Cl-].[Zr+2]=[C](c1ccccc1)c1ccccc1.c1cc[cH-]c1. The van der Waals surface area contributed by atoms with Gasteiger partial charge in [0.15, 0.2) is 0 Å². The summed E-state index contributed by atoms with van der Waals surface area (Å²) in [7, 11) is 0. The number of aryl methyl sites for hydroxylation is 1. The van der Waals surface area contributed by atoms with E-state index in [-0.39, 0.29) is 24.8 Å². The molecule has 0 saturated carbocycles. The third-order valence-corrected chi connectivity index (χ3v) is 6.95. The Morgan fingerprint density at radius 3 is 1.80 bits per heavy atom. The molecule has 5 aromatic rings. The molecule has 0 saturated heterocycles. The summed E-state index contributed by atoms with van der Waals surface area (Å²) < 4.78 is 1.42. The van der Waals surface area contributed by atoms with Gasteiger partial charge in [-0.2, -0.15) is 47.5 Å². The maximum atomic E-state index is 3.36. The summed E-state index contributed by atoms with van der Waals surface area (Å²) in [6.07, 6.45) is 1.05. The first-order valence-electron chi connectivity index (χ1n) is 11.2. The third-order valence-electron chi connectivity index (χ3n) is 5.53. The molecule has 0 N–H and O–H groups in total. The van der Waals surface area contributed by atoms with Crippen LogP contribution in [0.4, 0.5) is 0 Å². The van der Waals surface area contributed by atoms with Crippen LogP contribution in [0.1, 0.15) is 27.8 Å². The van der Waals surface area contributed by atoms with Crippen LogP contribution in [0.15, 0.2) is 127 Å². The first-order valence-corrected chi connectivity index (χ1v) is 12.4. The Morgan fingerprint density at radius 2 is 1.26 bits per heavy atom. The Labute approximate surface area is 236 Å². The topological polar surface area (TPSA) is 0 Å². The maximum absolute atomic E-state index is 3.36.